The number of benzene rings is 1. The Balaban J connectivity index is 2.58. The highest BCUT2D eigenvalue weighted by Crippen LogP contribution is 2.24. The van der Waals surface area contributed by atoms with E-state index in [1.807, 2.05) is 12.3 Å². The lowest BCUT2D eigenvalue weighted by molar-refractivity contribution is -0.139. The predicted molar refractivity (Wildman–Crippen MR) is 79.3 cm³/mol. The summed E-state index contributed by atoms with van der Waals surface area (Å²) in [6.07, 6.45) is 2.56. The largest absolute Gasteiger partial charge is 0.495 e. The van der Waals surface area contributed by atoms with Gasteiger partial charge in [-0.3, -0.25) is 4.79 Å². The number of halogens is 1. The van der Waals surface area contributed by atoms with Crippen molar-refractivity contribution >= 4 is 29.3 Å². The van der Waals surface area contributed by atoms with Gasteiger partial charge in [-0.25, -0.2) is 0 Å². The summed E-state index contributed by atoms with van der Waals surface area (Å²) in [5, 5.41) is 12.6. The standard InChI is InChI=1S/C13H18ClNO3S/c1-18-12-4-3-9(7-10(12)14)8-15-11(13(16)17)5-6-19-2/h3-4,7,11,15H,5-6,8H2,1-2H3,(H,16,17). The molecular formula is C13H18ClNO3S. The first-order chi connectivity index (χ1) is 9.08. The smallest absolute Gasteiger partial charge is 0.320 e. The van der Waals surface area contributed by atoms with Crippen molar-refractivity contribution < 1.29 is 14.6 Å². The fourth-order valence-electron chi connectivity index (χ4n) is 1.61. The van der Waals surface area contributed by atoms with Gasteiger partial charge in [0.2, 0.25) is 0 Å². The fourth-order valence-corrected chi connectivity index (χ4v) is 2.36. The van der Waals surface area contributed by atoms with Gasteiger partial charge >= 0.3 is 5.97 Å². The molecule has 0 bridgehead atoms. The van der Waals surface area contributed by atoms with Crippen LogP contribution >= 0.6 is 23.4 Å². The lowest BCUT2D eigenvalue weighted by atomic mass is 10.2. The Labute approximate surface area is 122 Å². The first-order valence-corrected chi connectivity index (χ1v) is 7.63. The van der Waals surface area contributed by atoms with Crippen LogP contribution in [0.1, 0.15) is 12.0 Å². The van der Waals surface area contributed by atoms with E-state index < -0.39 is 12.0 Å². The van der Waals surface area contributed by atoms with Crippen molar-refractivity contribution in [1.82, 2.24) is 5.32 Å². The summed E-state index contributed by atoms with van der Waals surface area (Å²) in [6.45, 7) is 0.467. The minimum atomic E-state index is -0.825. The molecule has 0 aromatic heterocycles. The molecule has 0 fully saturated rings. The molecule has 1 unspecified atom stereocenters. The number of carbonyl (C=O) groups is 1. The molecule has 1 rings (SSSR count). The molecule has 0 aliphatic carbocycles. The van der Waals surface area contributed by atoms with Crippen molar-refractivity contribution in [3.05, 3.63) is 28.8 Å². The van der Waals surface area contributed by atoms with Gasteiger partial charge in [-0.1, -0.05) is 17.7 Å². The average Bonchev–Trinajstić information content (AvgIpc) is 2.38. The van der Waals surface area contributed by atoms with Crippen LogP contribution in [0.4, 0.5) is 0 Å². The molecule has 0 heterocycles. The van der Waals surface area contributed by atoms with Crippen LogP contribution in [0.5, 0.6) is 5.75 Å². The van der Waals surface area contributed by atoms with Gasteiger partial charge in [0.15, 0.2) is 0 Å². The highest BCUT2D eigenvalue weighted by molar-refractivity contribution is 7.98. The van der Waals surface area contributed by atoms with Gasteiger partial charge in [-0.05, 0) is 36.1 Å². The van der Waals surface area contributed by atoms with E-state index in [4.69, 9.17) is 21.4 Å². The molecule has 19 heavy (non-hydrogen) atoms. The molecule has 0 saturated heterocycles. The van der Waals surface area contributed by atoms with Gasteiger partial charge < -0.3 is 15.2 Å². The number of hydrogen-bond acceptors (Lipinski definition) is 4. The maximum atomic E-state index is 11.1. The Morgan fingerprint density at radius 1 is 1.58 bits per heavy atom. The Morgan fingerprint density at radius 2 is 2.32 bits per heavy atom. The zero-order chi connectivity index (χ0) is 14.3. The van der Waals surface area contributed by atoms with E-state index in [1.165, 1.54) is 0 Å². The van der Waals surface area contributed by atoms with E-state index >= 15 is 0 Å². The van der Waals surface area contributed by atoms with Crippen LogP contribution in [0.25, 0.3) is 0 Å². The quantitative estimate of drug-likeness (QED) is 0.773. The summed E-state index contributed by atoms with van der Waals surface area (Å²) in [5.41, 5.74) is 0.932. The number of thioether (sulfide) groups is 1. The van der Waals surface area contributed by atoms with Gasteiger partial charge in [0.05, 0.1) is 12.1 Å². The molecule has 0 spiro atoms. The minimum absolute atomic E-state index is 0.467. The normalized spacial score (nSPS) is 12.2. The van der Waals surface area contributed by atoms with Crippen molar-refractivity contribution in [2.24, 2.45) is 0 Å². The molecule has 6 heteroatoms. The lowest BCUT2D eigenvalue weighted by Crippen LogP contribution is -2.36. The molecule has 0 aliphatic rings. The summed E-state index contributed by atoms with van der Waals surface area (Å²) >= 11 is 7.65. The Kier molecular flexibility index (Phi) is 7.05. The number of ether oxygens (including phenoxy) is 1. The molecule has 0 amide bonds. The third-order valence-corrected chi connectivity index (χ3v) is 3.62. The van der Waals surface area contributed by atoms with E-state index in [1.54, 1.807) is 31.0 Å². The van der Waals surface area contributed by atoms with Crippen molar-refractivity contribution in [2.45, 2.75) is 19.0 Å². The second kappa shape index (κ2) is 8.30. The van der Waals surface area contributed by atoms with Crippen molar-refractivity contribution in [2.75, 3.05) is 19.1 Å². The molecule has 2 N–H and O–H groups in total. The van der Waals surface area contributed by atoms with Crippen molar-refractivity contribution in [3.63, 3.8) is 0 Å². The van der Waals surface area contributed by atoms with Crippen molar-refractivity contribution in [1.29, 1.82) is 0 Å². The monoisotopic (exact) mass is 303 g/mol. The predicted octanol–water partition coefficient (Wildman–Crippen LogP) is 2.64. The topological polar surface area (TPSA) is 58.6 Å². The molecule has 0 aliphatic heterocycles. The zero-order valence-electron chi connectivity index (χ0n) is 11.0. The van der Waals surface area contributed by atoms with E-state index in [-0.39, 0.29) is 0 Å². The SMILES string of the molecule is COc1ccc(CNC(CCSC)C(=O)O)cc1Cl. The fraction of sp³-hybridized carbons (Fsp3) is 0.462. The average molecular weight is 304 g/mol. The van der Waals surface area contributed by atoms with Crippen LogP contribution in [0.3, 0.4) is 0 Å². The molecule has 1 atom stereocenters. The highest BCUT2D eigenvalue weighted by atomic mass is 35.5. The van der Waals surface area contributed by atoms with Crippen molar-refractivity contribution in [3.8, 4) is 5.75 Å². The second-order valence-electron chi connectivity index (χ2n) is 4.02. The van der Waals surface area contributed by atoms with E-state index in [2.05, 4.69) is 5.32 Å². The molecule has 0 saturated carbocycles. The van der Waals surface area contributed by atoms with Gasteiger partial charge in [0.25, 0.3) is 0 Å². The third-order valence-electron chi connectivity index (χ3n) is 2.68. The van der Waals surface area contributed by atoms with Crippen LogP contribution in [-0.4, -0.2) is 36.2 Å². The molecule has 4 nitrogen and oxygen atoms in total. The molecule has 1 aromatic carbocycles. The summed E-state index contributed by atoms with van der Waals surface area (Å²) in [7, 11) is 1.56. The van der Waals surface area contributed by atoms with E-state index in [0.29, 0.717) is 23.7 Å². The number of rotatable bonds is 8. The Morgan fingerprint density at radius 3 is 2.84 bits per heavy atom. The molecule has 106 valence electrons. The van der Waals surface area contributed by atoms with Crippen LogP contribution in [-0.2, 0) is 11.3 Å². The molecule has 0 radical (unpaired) electrons. The van der Waals surface area contributed by atoms with Gasteiger partial charge in [-0.15, -0.1) is 0 Å². The van der Waals surface area contributed by atoms with Gasteiger partial charge in [0.1, 0.15) is 11.8 Å². The summed E-state index contributed by atoms with van der Waals surface area (Å²) in [6, 6.07) is 4.89. The molecule has 1 aromatic rings. The summed E-state index contributed by atoms with van der Waals surface area (Å²) < 4.78 is 5.07. The second-order valence-corrected chi connectivity index (χ2v) is 5.41. The van der Waals surface area contributed by atoms with E-state index in [9.17, 15) is 4.79 Å². The van der Waals surface area contributed by atoms with Crippen LogP contribution in [0.15, 0.2) is 18.2 Å². The third kappa shape index (κ3) is 5.30. The first kappa shape index (κ1) is 16.1. The number of aliphatic carboxylic acids is 1. The Hall–Kier alpha value is -0.910. The number of hydrogen-bond donors (Lipinski definition) is 2. The number of methoxy groups -OCH3 is 1. The number of carboxylic acid groups (broad SMARTS) is 1. The first-order valence-electron chi connectivity index (χ1n) is 5.86. The van der Waals surface area contributed by atoms with Crippen LogP contribution in [0.2, 0.25) is 5.02 Å². The maximum Gasteiger partial charge on any atom is 0.320 e. The van der Waals surface area contributed by atoms with Gasteiger partial charge in [0, 0.05) is 6.54 Å². The van der Waals surface area contributed by atoms with E-state index in [0.717, 1.165) is 11.3 Å². The highest BCUT2D eigenvalue weighted by Gasteiger charge is 2.16. The Bertz CT molecular complexity index is 428. The van der Waals surface area contributed by atoms with Crippen LogP contribution in [0, 0.1) is 0 Å². The minimum Gasteiger partial charge on any atom is -0.495 e. The summed E-state index contributed by atoms with van der Waals surface area (Å²) in [4.78, 5) is 11.1. The lowest BCUT2D eigenvalue weighted by Gasteiger charge is -2.14. The van der Waals surface area contributed by atoms with Gasteiger partial charge in [-0.2, -0.15) is 11.8 Å². The number of carboxylic acids is 1. The molecular weight excluding hydrogens is 286 g/mol. The maximum absolute atomic E-state index is 11.1. The van der Waals surface area contributed by atoms with Crippen LogP contribution < -0.4 is 10.1 Å². The zero-order valence-corrected chi connectivity index (χ0v) is 12.6. The number of nitrogens with one attached hydrogen (secondary N) is 1. The summed E-state index contributed by atoms with van der Waals surface area (Å²) in [5.74, 6) is 0.601.